The first-order chi connectivity index (χ1) is 22.8. The van der Waals surface area contributed by atoms with E-state index in [0.717, 1.165) is 9.13 Å². The molecule has 0 saturated carbocycles. The largest absolute Gasteiger partial charge is 0.495 e. The van der Waals surface area contributed by atoms with Gasteiger partial charge in [-0.3, -0.25) is 14.2 Å². The molecule has 3 heterocycles. The maximum atomic E-state index is 14.1. The zero-order valence-corrected chi connectivity index (χ0v) is 25.3. The van der Waals surface area contributed by atoms with Crippen LogP contribution in [0.15, 0.2) is 105 Å². The first-order valence-corrected chi connectivity index (χ1v) is 14.4. The number of aromatic hydroxyl groups is 1. The SMILES string of the molecule is COc1ccccc1-n1c(O)c(-c2nc3c(NC(=O)c4ccccc4)cc(Cl)cc3c(=O)n2CCOC(=O)c2ccccn2)oc1=O. The van der Waals surface area contributed by atoms with Gasteiger partial charge in [-0.2, -0.15) is 0 Å². The molecule has 1 amide bonds. The van der Waals surface area contributed by atoms with Crippen molar-refractivity contribution >= 4 is 40.1 Å². The number of oxazole rings is 1. The maximum absolute atomic E-state index is 14.1. The van der Waals surface area contributed by atoms with Crippen LogP contribution in [0, 0.1) is 0 Å². The lowest BCUT2D eigenvalue weighted by molar-refractivity contribution is 0.0483. The third kappa shape index (κ3) is 6.07. The average Bonchev–Trinajstić information content (AvgIpc) is 3.39. The van der Waals surface area contributed by atoms with Crippen molar-refractivity contribution < 1.29 is 28.6 Å². The zero-order valence-electron chi connectivity index (χ0n) is 24.5. The second kappa shape index (κ2) is 13.0. The molecule has 0 saturated heterocycles. The molecule has 0 aliphatic carbocycles. The number of methoxy groups -OCH3 is 1. The lowest BCUT2D eigenvalue weighted by Crippen LogP contribution is -2.27. The van der Waals surface area contributed by atoms with E-state index in [0.29, 0.717) is 5.56 Å². The Morgan fingerprint density at radius 2 is 1.74 bits per heavy atom. The molecule has 14 heteroatoms. The molecule has 13 nitrogen and oxygen atoms in total. The van der Waals surface area contributed by atoms with Crippen molar-refractivity contribution in [3.05, 3.63) is 128 Å². The molecule has 6 aromatic rings. The number of fused-ring (bicyclic) bond motifs is 1. The maximum Gasteiger partial charge on any atom is 0.427 e. The molecular formula is C33H24ClN5O8. The average molecular weight is 654 g/mol. The molecule has 0 aliphatic rings. The van der Waals surface area contributed by atoms with E-state index < -0.39 is 34.8 Å². The van der Waals surface area contributed by atoms with Crippen LogP contribution in [-0.4, -0.2) is 49.8 Å². The minimum absolute atomic E-state index is 0.00694. The molecule has 0 radical (unpaired) electrons. The number of hydrogen-bond acceptors (Lipinski definition) is 10. The van der Waals surface area contributed by atoms with Crippen LogP contribution in [-0.2, 0) is 11.3 Å². The van der Waals surface area contributed by atoms with Gasteiger partial charge in [0.1, 0.15) is 23.6 Å². The van der Waals surface area contributed by atoms with Gasteiger partial charge in [-0.1, -0.05) is 48.0 Å². The summed E-state index contributed by atoms with van der Waals surface area (Å²) < 4.78 is 18.1. The van der Waals surface area contributed by atoms with E-state index in [1.165, 1.54) is 37.6 Å². The third-order valence-corrected chi connectivity index (χ3v) is 7.26. The smallest absolute Gasteiger partial charge is 0.427 e. The van der Waals surface area contributed by atoms with E-state index in [1.807, 2.05) is 0 Å². The molecule has 0 aliphatic heterocycles. The Balaban J connectivity index is 1.50. The first kappa shape index (κ1) is 30.8. The van der Waals surface area contributed by atoms with Gasteiger partial charge in [0.05, 0.1) is 30.4 Å². The molecule has 0 unspecified atom stereocenters. The number of benzene rings is 3. The number of pyridine rings is 1. The van der Waals surface area contributed by atoms with Gasteiger partial charge in [-0.05, 0) is 48.5 Å². The summed E-state index contributed by atoms with van der Waals surface area (Å²) in [6.07, 6.45) is 1.43. The van der Waals surface area contributed by atoms with Gasteiger partial charge in [-0.15, -0.1) is 0 Å². The number of nitrogens with zero attached hydrogens (tertiary/aromatic N) is 4. The first-order valence-electron chi connectivity index (χ1n) is 14.0. The van der Waals surface area contributed by atoms with E-state index in [2.05, 4.69) is 15.3 Å². The highest BCUT2D eigenvalue weighted by Crippen LogP contribution is 2.34. The third-order valence-electron chi connectivity index (χ3n) is 7.05. The molecule has 0 spiro atoms. The lowest BCUT2D eigenvalue weighted by Gasteiger charge is -2.15. The van der Waals surface area contributed by atoms with Crippen molar-refractivity contribution in [2.75, 3.05) is 19.0 Å². The van der Waals surface area contributed by atoms with Gasteiger partial charge in [0.15, 0.2) is 5.82 Å². The van der Waals surface area contributed by atoms with Gasteiger partial charge < -0.3 is 24.3 Å². The lowest BCUT2D eigenvalue weighted by atomic mass is 10.1. The summed E-state index contributed by atoms with van der Waals surface area (Å²) in [5.74, 6) is -3.43. The van der Waals surface area contributed by atoms with Crippen LogP contribution in [0.3, 0.4) is 0 Å². The number of rotatable bonds is 9. The van der Waals surface area contributed by atoms with Crippen LogP contribution >= 0.6 is 11.6 Å². The Hall–Kier alpha value is -6.21. The Labute approximate surface area is 270 Å². The second-order valence-electron chi connectivity index (χ2n) is 9.94. The minimum Gasteiger partial charge on any atom is -0.495 e. The summed E-state index contributed by atoms with van der Waals surface area (Å²) >= 11 is 6.38. The monoisotopic (exact) mass is 653 g/mol. The number of carbonyl (C=O) groups is 2. The zero-order chi connectivity index (χ0) is 33.1. The number of nitrogens with one attached hydrogen (secondary N) is 1. The number of anilines is 1. The Bertz CT molecular complexity index is 2250. The Morgan fingerprint density at radius 1 is 1.00 bits per heavy atom. The van der Waals surface area contributed by atoms with Crippen LogP contribution in [0.5, 0.6) is 11.6 Å². The number of amides is 1. The van der Waals surface area contributed by atoms with Gasteiger partial charge in [0.25, 0.3) is 11.5 Å². The van der Waals surface area contributed by atoms with Crippen molar-refractivity contribution in [2.45, 2.75) is 6.54 Å². The summed E-state index contributed by atoms with van der Waals surface area (Å²) in [6, 6.07) is 22.3. The molecule has 6 rings (SSSR count). The predicted octanol–water partition coefficient (Wildman–Crippen LogP) is 4.68. The summed E-state index contributed by atoms with van der Waals surface area (Å²) in [5, 5.41) is 14.2. The van der Waals surface area contributed by atoms with E-state index in [1.54, 1.807) is 60.7 Å². The number of hydrogen-bond donors (Lipinski definition) is 2. The number of aromatic nitrogens is 4. The normalized spacial score (nSPS) is 10.9. The summed E-state index contributed by atoms with van der Waals surface area (Å²) in [4.78, 5) is 61.4. The standard InChI is InChI=1S/C33H24ClN5O8/c1-45-25-13-6-5-12-24(25)39-31(42)27(47-33(39)44)28-37-26-21(17-20(34)18-23(26)36-29(40)19-9-3-2-4-10-19)30(41)38(28)15-16-46-32(43)22-11-7-8-14-35-22/h2-14,17-18,42H,15-16H2,1H3,(H,36,40). The van der Waals surface area contributed by atoms with Crippen LogP contribution in [0.25, 0.3) is 28.2 Å². The number of ether oxygens (including phenoxy) is 2. The Kier molecular flexibility index (Phi) is 8.54. The summed E-state index contributed by atoms with van der Waals surface area (Å²) in [7, 11) is 1.40. The molecule has 3 aromatic carbocycles. The molecule has 0 atom stereocenters. The number of para-hydroxylation sites is 2. The summed E-state index contributed by atoms with van der Waals surface area (Å²) in [5.41, 5.74) is -0.0639. The van der Waals surface area contributed by atoms with Crippen molar-refractivity contribution in [3.63, 3.8) is 0 Å². The van der Waals surface area contributed by atoms with Crippen molar-refractivity contribution in [1.82, 2.24) is 19.1 Å². The van der Waals surface area contributed by atoms with E-state index in [9.17, 15) is 24.3 Å². The van der Waals surface area contributed by atoms with Crippen LogP contribution in [0.1, 0.15) is 20.8 Å². The summed E-state index contributed by atoms with van der Waals surface area (Å²) in [6.45, 7) is -0.608. The minimum atomic E-state index is -1.00. The van der Waals surface area contributed by atoms with E-state index in [-0.39, 0.29) is 57.7 Å². The van der Waals surface area contributed by atoms with Gasteiger partial charge in [-0.25, -0.2) is 24.1 Å². The van der Waals surface area contributed by atoms with E-state index in [4.69, 9.17) is 25.5 Å². The highest BCUT2D eigenvalue weighted by Gasteiger charge is 2.27. The van der Waals surface area contributed by atoms with Crippen molar-refractivity contribution in [1.29, 1.82) is 0 Å². The fourth-order valence-electron chi connectivity index (χ4n) is 4.88. The molecule has 3 aromatic heterocycles. The highest BCUT2D eigenvalue weighted by molar-refractivity contribution is 6.32. The van der Waals surface area contributed by atoms with Gasteiger partial charge in [0, 0.05) is 16.8 Å². The topological polar surface area (TPSA) is 168 Å². The van der Waals surface area contributed by atoms with Gasteiger partial charge in [0.2, 0.25) is 11.6 Å². The molecule has 0 fully saturated rings. The highest BCUT2D eigenvalue weighted by atomic mass is 35.5. The van der Waals surface area contributed by atoms with Crippen molar-refractivity contribution in [3.8, 4) is 28.9 Å². The van der Waals surface area contributed by atoms with Crippen LogP contribution in [0.2, 0.25) is 5.02 Å². The molecule has 236 valence electrons. The fourth-order valence-corrected chi connectivity index (χ4v) is 5.10. The van der Waals surface area contributed by atoms with Crippen LogP contribution < -0.4 is 21.4 Å². The van der Waals surface area contributed by atoms with Crippen molar-refractivity contribution in [2.24, 2.45) is 0 Å². The number of carbonyl (C=O) groups excluding carboxylic acids is 2. The van der Waals surface area contributed by atoms with Gasteiger partial charge >= 0.3 is 11.7 Å². The number of halogens is 1. The van der Waals surface area contributed by atoms with Crippen LogP contribution in [0.4, 0.5) is 5.69 Å². The molecule has 47 heavy (non-hydrogen) atoms. The molecule has 0 bridgehead atoms. The quantitative estimate of drug-likeness (QED) is 0.209. The number of esters is 1. The van der Waals surface area contributed by atoms with E-state index >= 15 is 0 Å². The molecular weight excluding hydrogens is 630 g/mol. The second-order valence-corrected chi connectivity index (χ2v) is 10.4. The molecule has 2 N–H and O–H groups in total. The predicted molar refractivity (Wildman–Crippen MR) is 171 cm³/mol. The fraction of sp³-hybridized carbons (Fsp3) is 0.0909. The Morgan fingerprint density at radius 3 is 2.49 bits per heavy atom.